The molecule has 6 nitrogen and oxygen atoms in total. The van der Waals surface area contributed by atoms with E-state index in [1.807, 2.05) is 31.8 Å². The van der Waals surface area contributed by atoms with Gasteiger partial charge in [0.25, 0.3) is 0 Å². The number of aryl methyl sites for hydroxylation is 3. The first-order valence-electron chi connectivity index (χ1n) is 5.54. The summed E-state index contributed by atoms with van der Waals surface area (Å²) in [5.41, 5.74) is 7.34. The van der Waals surface area contributed by atoms with Crippen molar-refractivity contribution in [3.8, 4) is 0 Å². The molecule has 0 spiro atoms. The van der Waals surface area contributed by atoms with Crippen LogP contribution >= 0.6 is 12.2 Å². The van der Waals surface area contributed by atoms with E-state index in [1.54, 1.807) is 10.9 Å². The van der Waals surface area contributed by atoms with Gasteiger partial charge in [-0.25, -0.2) is 4.98 Å². The molecule has 7 heteroatoms. The summed E-state index contributed by atoms with van der Waals surface area (Å²) in [6.07, 6.45) is 3.67. The first-order chi connectivity index (χ1) is 8.50. The standard InChI is InChI=1S/C11H16N6S/c1-7-9(10(12)18)11(17(3)15-7)14-6-8-13-4-5-16(8)2/h4-5,14H,6H2,1-3H3,(H2,12,18). The Bertz CT molecular complexity index is 582. The van der Waals surface area contributed by atoms with Gasteiger partial charge in [0.15, 0.2) is 0 Å². The lowest BCUT2D eigenvalue weighted by Crippen LogP contribution is -2.15. The van der Waals surface area contributed by atoms with Crippen LogP contribution in [0.1, 0.15) is 17.1 Å². The second-order valence-corrected chi connectivity index (χ2v) is 4.54. The number of hydrogen-bond acceptors (Lipinski definition) is 4. The Kier molecular flexibility index (Phi) is 3.33. The number of nitrogens with one attached hydrogen (secondary N) is 1. The fourth-order valence-electron chi connectivity index (χ4n) is 1.89. The summed E-state index contributed by atoms with van der Waals surface area (Å²) < 4.78 is 3.70. The summed E-state index contributed by atoms with van der Waals surface area (Å²) in [5.74, 6) is 1.76. The van der Waals surface area contributed by atoms with Crippen molar-refractivity contribution in [3.63, 3.8) is 0 Å². The molecule has 2 aromatic heterocycles. The molecule has 0 radical (unpaired) electrons. The largest absolute Gasteiger partial charge is 0.389 e. The van der Waals surface area contributed by atoms with E-state index in [9.17, 15) is 0 Å². The first kappa shape index (κ1) is 12.6. The molecule has 0 amide bonds. The Morgan fingerprint density at radius 2 is 2.22 bits per heavy atom. The Morgan fingerprint density at radius 1 is 1.50 bits per heavy atom. The Labute approximate surface area is 111 Å². The fourth-order valence-corrected chi connectivity index (χ4v) is 2.13. The Hall–Kier alpha value is -1.89. The highest BCUT2D eigenvalue weighted by Crippen LogP contribution is 2.19. The van der Waals surface area contributed by atoms with Gasteiger partial charge in [0.05, 0.1) is 17.8 Å². The van der Waals surface area contributed by atoms with Crippen LogP contribution in [-0.2, 0) is 20.6 Å². The first-order valence-corrected chi connectivity index (χ1v) is 5.95. The number of thiocarbonyl (C=S) groups is 1. The zero-order chi connectivity index (χ0) is 13.3. The molecular weight excluding hydrogens is 248 g/mol. The van der Waals surface area contributed by atoms with Crippen LogP contribution in [-0.4, -0.2) is 24.3 Å². The Balaban J connectivity index is 2.24. The van der Waals surface area contributed by atoms with Crippen LogP contribution in [0.15, 0.2) is 12.4 Å². The molecule has 0 aliphatic heterocycles. The van der Waals surface area contributed by atoms with Crippen molar-refractivity contribution in [3.05, 3.63) is 29.5 Å². The zero-order valence-electron chi connectivity index (χ0n) is 10.6. The molecule has 2 aromatic rings. The molecule has 0 atom stereocenters. The van der Waals surface area contributed by atoms with Crippen LogP contribution in [0.2, 0.25) is 0 Å². The number of nitrogens with zero attached hydrogens (tertiary/aromatic N) is 4. The summed E-state index contributed by atoms with van der Waals surface area (Å²) >= 11 is 5.05. The quantitative estimate of drug-likeness (QED) is 0.796. The van der Waals surface area contributed by atoms with Crippen LogP contribution in [0.3, 0.4) is 0 Å². The van der Waals surface area contributed by atoms with E-state index < -0.39 is 0 Å². The van der Waals surface area contributed by atoms with E-state index in [1.165, 1.54) is 0 Å². The molecule has 0 saturated carbocycles. The Morgan fingerprint density at radius 3 is 2.78 bits per heavy atom. The van der Waals surface area contributed by atoms with Crippen molar-refractivity contribution in [1.82, 2.24) is 19.3 Å². The van der Waals surface area contributed by atoms with Crippen LogP contribution < -0.4 is 11.1 Å². The molecule has 0 aliphatic carbocycles. The topological polar surface area (TPSA) is 73.7 Å². The van der Waals surface area contributed by atoms with Gasteiger partial charge in [-0.05, 0) is 6.92 Å². The zero-order valence-corrected chi connectivity index (χ0v) is 11.5. The number of aromatic nitrogens is 4. The summed E-state index contributed by atoms with van der Waals surface area (Å²) in [6.45, 7) is 2.48. The maximum atomic E-state index is 5.72. The maximum absolute atomic E-state index is 5.72. The smallest absolute Gasteiger partial charge is 0.134 e. The van der Waals surface area contributed by atoms with Crippen molar-refractivity contribution in [1.29, 1.82) is 0 Å². The number of imidazole rings is 1. The number of anilines is 1. The van der Waals surface area contributed by atoms with Gasteiger partial charge in [-0.1, -0.05) is 12.2 Å². The van der Waals surface area contributed by atoms with Gasteiger partial charge >= 0.3 is 0 Å². The highest BCUT2D eigenvalue weighted by molar-refractivity contribution is 7.80. The fraction of sp³-hybridized carbons (Fsp3) is 0.364. The highest BCUT2D eigenvalue weighted by atomic mass is 32.1. The predicted octanol–water partition coefficient (Wildman–Crippen LogP) is 0.708. The van der Waals surface area contributed by atoms with Crippen molar-refractivity contribution in [2.24, 2.45) is 19.8 Å². The van der Waals surface area contributed by atoms with Gasteiger partial charge in [-0.3, -0.25) is 4.68 Å². The number of hydrogen-bond donors (Lipinski definition) is 2. The average molecular weight is 264 g/mol. The maximum Gasteiger partial charge on any atom is 0.134 e. The second kappa shape index (κ2) is 4.77. The summed E-state index contributed by atoms with van der Waals surface area (Å²) in [6, 6.07) is 0. The van der Waals surface area contributed by atoms with Crippen LogP contribution in [0.5, 0.6) is 0 Å². The van der Waals surface area contributed by atoms with Crippen molar-refractivity contribution < 1.29 is 0 Å². The number of rotatable bonds is 4. The molecule has 0 saturated heterocycles. The second-order valence-electron chi connectivity index (χ2n) is 4.10. The molecule has 0 unspecified atom stereocenters. The van der Waals surface area contributed by atoms with Gasteiger partial charge in [0.1, 0.15) is 16.6 Å². The predicted molar refractivity (Wildman–Crippen MR) is 74.4 cm³/mol. The minimum absolute atomic E-state index is 0.350. The van der Waals surface area contributed by atoms with Crippen molar-refractivity contribution >= 4 is 23.0 Å². The average Bonchev–Trinajstić information content (AvgIpc) is 2.79. The lowest BCUT2D eigenvalue weighted by Gasteiger charge is -2.09. The summed E-state index contributed by atoms with van der Waals surface area (Å²) in [7, 11) is 3.81. The van der Waals surface area contributed by atoms with E-state index in [4.69, 9.17) is 18.0 Å². The molecule has 0 bridgehead atoms. The van der Waals surface area contributed by atoms with Crippen molar-refractivity contribution in [2.45, 2.75) is 13.5 Å². The van der Waals surface area contributed by atoms with Crippen LogP contribution in [0.25, 0.3) is 0 Å². The van der Waals surface area contributed by atoms with E-state index in [0.29, 0.717) is 11.5 Å². The molecule has 2 rings (SSSR count). The molecule has 3 N–H and O–H groups in total. The van der Waals surface area contributed by atoms with Gasteiger partial charge in [0, 0.05) is 26.5 Å². The number of nitrogens with two attached hydrogens (primary N) is 1. The molecule has 0 fully saturated rings. The molecule has 96 valence electrons. The SMILES string of the molecule is Cc1nn(C)c(NCc2nccn2C)c1C(N)=S. The summed E-state index contributed by atoms with van der Waals surface area (Å²) in [4.78, 5) is 4.60. The highest BCUT2D eigenvalue weighted by Gasteiger charge is 2.15. The molecule has 0 aliphatic rings. The molecule has 0 aromatic carbocycles. The molecule has 18 heavy (non-hydrogen) atoms. The normalized spacial score (nSPS) is 10.6. The minimum atomic E-state index is 0.350. The third-order valence-electron chi connectivity index (χ3n) is 2.80. The third-order valence-corrected chi connectivity index (χ3v) is 3.01. The monoisotopic (exact) mass is 264 g/mol. The lowest BCUT2D eigenvalue weighted by atomic mass is 10.2. The molecule has 2 heterocycles. The van der Waals surface area contributed by atoms with Gasteiger partial charge in [0.2, 0.25) is 0 Å². The van der Waals surface area contributed by atoms with Gasteiger partial charge in [-0.2, -0.15) is 5.10 Å². The minimum Gasteiger partial charge on any atom is -0.389 e. The van der Waals surface area contributed by atoms with Crippen LogP contribution in [0.4, 0.5) is 5.82 Å². The molecular formula is C11H16N6S. The van der Waals surface area contributed by atoms with E-state index in [-0.39, 0.29) is 0 Å². The lowest BCUT2D eigenvalue weighted by molar-refractivity contribution is 0.748. The van der Waals surface area contributed by atoms with Gasteiger partial charge in [-0.15, -0.1) is 0 Å². The van der Waals surface area contributed by atoms with Crippen LogP contribution in [0, 0.1) is 6.92 Å². The summed E-state index contributed by atoms with van der Waals surface area (Å²) in [5, 5.41) is 7.59. The van der Waals surface area contributed by atoms with E-state index in [2.05, 4.69) is 15.4 Å². The van der Waals surface area contributed by atoms with E-state index >= 15 is 0 Å². The third kappa shape index (κ3) is 2.21. The van der Waals surface area contributed by atoms with Crippen molar-refractivity contribution in [2.75, 3.05) is 5.32 Å². The van der Waals surface area contributed by atoms with Gasteiger partial charge < -0.3 is 15.6 Å². The van der Waals surface area contributed by atoms with E-state index in [0.717, 1.165) is 22.9 Å².